The second-order valence-electron chi connectivity index (χ2n) is 6.46. The van der Waals surface area contributed by atoms with Crippen molar-refractivity contribution < 1.29 is 5.11 Å². The molecule has 19 heavy (non-hydrogen) atoms. The highest BCUT2D eigenvalue weighted by molar-refractivity contribution is 5.11. The first-order valence-corrected chi connectivity index (χ1v) is 7.59. The Morgan fingerprint density at radius 1 is 1.42 bits per heavy atom. The van der Waals surface area contributed by atoms with E-state index < -0.39 is 5.60 Å². The number of aromatic nitrogens is 2. The molecule has 2 saturated heterocycles. The Morgan fingerprint density at radius 2 is 2.26 bits per heavy atom. The van der Waals surface area contributed by atoms with E-state index in [0.29, 0.717) is 18.5 Å². The average molecular weight is 263 g/mol. The van der Waals surface area contributed by atoms with Crippen LogP contribution in [0.15, 0.2) is 12.3 Å². The zero-order valence-electron chi connectivity index (χ0n) is 12.0. The van der Waals surface area contributed by atoms with Crippen LogP contribution in [0.4, 0.5) is 0 Å². The lowest BCUT2D eigenvalue weighted by Gasteiger charge is -2.37. The number of rotatable bonds is 3. The van der Waals surface area contributed by atoms with Crippen LogP contribution in [0, 0.1) is 0 Å². The van der Waals surface area contributed by atoms with Crippen molar-refractivity contribution in [2.24, 2.45) is 0 Å². The van der Waals surface area contributed by atoms with Crippen molar-refractivity contribution in [2.75, 3.05) is 13.1 Å². The third kappa shape index (κ3) is 2.43. The molecule has 3 rings (SSSR count). The van der Waals surface area contributed by atoms with Crippen LogP contribution in [-0.4, -0.2) is 44.5 Å². The summed E-state index contributed by atoms with van der Waals surface area (Å²) in [5.41, 5.74) is 0.472. The van der Waals surface area contributed by atoms with Crippen molar-refractivity contribution in [3.63, 3.8) is 0 Å². The largest absolute Gasteiger partial charge is 0.388 e. The fourth-order valence-electron chi connectivity index (χ4n) is 3.65. The molecule has 0 aliphatic carbocycles. The number of piperidine rings is 1. The molecule has 0 bridgehead atoms. The molecule has 2 unspecified atom stereocenters. The van der Waals surface area contributed by atoms with E-state index in [4.69, 9.17) is 0 Å². The van der Waals surface area contributed by atoms with Gasteiger partial charge in [-0.3, -0.25) is 9.58 Å². The van der Waals surface area contributed by atoms with Gasteiger partial charge in [0, 0.05) is 31.2 Å². The first kappa shape index (κ1) is 13.1. The van der Waals surface area contributed by atoms with E-state index >= 15 is 0 Å². The van der Waals surface area contributed by atoms with Gasteiger partial charge < -0.3 is 5.11 Å². The SMILES string of the molecule is CC(C)n1ccc(CC2(O)CCN3CCCCC32)n1. The van der Waals surface area contributed by atoms with Crippen LogP contribution in [0.3, 0.4) is 0 Å². The van der Waals surface area contributed by atoms with Gasteiger partial charge in [-0.1, -0.05) is 6.42 Å². The fourth-order valence-corrected chi connectivity index (χ4v) is 3.65. The number of aliphatic hydroxyl groups is 1. The van der Waals surface area contributed by atoms with E-state index in [2.05, 4.69) is 29.9 Å². The molecule has 0 aromatic carbocycles. The van der Waals surface area contributed by atoms with Gasteiger partial charge in [-0.25, -0.2) is 0 Å². The molecule has 0 radical (unpaired) electrons. The van der Waals surface area contributed by atoms with Gasteiger partial charge in [-0.05, 0) is 45.7 Å². The van der Waals surface area contributed by atoms with Gasteiger partial charge in [0.1, 0.15) is 0 Å². The molecule has 0 amide bonds. The van der Waals surface area contributed by atoms with Crippen LogP contribution >= 0.6 is 0 Å². The lowest BCUT2D eigenvalue weighted by atomic mass is 9.85. The molecule has 1 aromatic heterocycles. The summed E-state index contributed by atoms with van der Waals surface area (Å²) in [5, 5.41) is 15.6. The first-order chi connectivity index (χ1) is 9.08. The normalized spacial score (nSPS) is 31.9. The quantitative estimate of drug-likeness (QED) is 0.907. The number of hydrogen-bond acceptors (Lipinski definition) is 3. The molecule has 0 spiro atoms. The number of nitrogens with zero attached hydrogens (tertiary/aromatic N) is 3. The summed E-state index contributed by atoms with van der Waals surface area (Å²) in [6.45, 7) is 6.47. The lowest BCUT2D eigenvalue weighted by molar-refractivity contribution is -0.00967. The minimum Gasteiger partial charge on any atom is -0.388 e. The highest BCUT2D eigenvalue weighted by Crippen LogP contribution is 2.37. The summed E-state index contributed by atoms with van der Waals surface area (Å²) in [6.07, 6.45) is 7.30. The zero-order chi connectivity index (χ0) is 13.5. The predicted octanol–water partition coefficient (Wildman–Crippen LogP) is 2.00. The Labute approximate surface area is 115 Å². The van der Waals surface area contributed by atoms with E-state index in [-0.39, 0.29) is 0 Å². The van der Waals surface area contributed by atoms with Crippen molar-refractivity contribution in [1.82, 2.24) is 14.7 Å². The Morgan fingerprint density at radius 3 is 3.00 bits per heavy atom. The highest BCUT2D eigenvalue weighted by atomic mass is 16.3. The second kappa shape index (κ2) is 4.91. The second-order valence-corrected chi connectivity index (χ2v) is 6.46. The van der Waals surface area contributed by atoms with Crippen LogP contribution in [0.2, 0.25) is 0 Å². The summed E-state index contributed by atoms with van der Waals surface area (Å²) >= 11 is 0. The zero-order valence-corrected chi connectivity index (χ0v) is 12.0. The first-order valence-electron chi connectivity index (χ1n) is 7.59. The molecule has 1 aromatic rings. The molecule has 2 atom stereocenters. The number of hydrogen-bond donors (Lipinski definition) is 1. The summed E-state index contributed by atoms with van der Waals surface area (Å²) in [4.78, 5) is 2.48. The van der Waals surface area contributed by atoms with Gasteiger partial charge >= 0.3 is 0 Å². The maximum Gasteiger partial charge on any atom is 0.0870 e. The van der Waals surface area contributed by atoms with Gasteiger partial charge in [0.25, 0.3) is 0 Å². The summed E-state index contributed by atoms with van der Waals surface area (Å²) in [7, 11) is 0. The molecule has 2 aliphatic heterocycles. The van der Waals surface area contributed by atoms with Crippen molar-refractivity contribution in [2.45, 2.75) is 63.6 Å². The lowest BCUT2D eigenvalue weighted by Crippen LogP contribution is -2.48. The third-order valence-corrected chi connectivity index (χ3v) is 4.75. The summed E-state index contributed by atoms with van der Waals surface area (Å²) < 4.78 is 1.98. The van der Waals surface area contributed by atoms with Crippen LogP contribution < -0.4 is 0 Å². The smallest absolute Gasteiger partial charge is 0.0870 e. The molecule has 0 saturated carbocycles. The van der Waals surface area contributed by atoms with Gasteiger partial charge in [0.05, 0.1) is 11.3 Å². The maximum atomic E-state index is 11.0. The van der Waals surface area contributed by atoms with Crippen LogP contribution in [0.1, 0.15) is 51.3 Å². The van der Waals surface area contributed by atoms with Crippen LogP contribution in [0.25, 0.3) is 0 Å². The van der Waals surface area contributed by atoms with Crippen molar-refractivity contribution in [3.05, 3.63) is 18.0 Å². The Hall–Kier alpha value is -0.870. The maximum absolute atomic E-state index is 11.0. The van der Waals surface area contributed by atoms with E-state index in [9.17, 15) is 5.11 Å². The van der Waals surface area contributed by atoms with E-state index in [1.165, 1.54) is 12.8 Å². The van der Waals surface area contributed by atoms with Crippen LogP contribution in [0.5, 0.6) is 0 Å². The molecule has 2 aliphatic rings. The van der Waals surface area contributed by atoms with Crippen molar-refractivity contribution >= 4 is 0 Å². The topological polar surface area (TPSA) is 41.3 Å². The monoisotopic (exact) mass is 263 g/mol. The summed E-state index contributed by atoms with van der Waals surface area (Å²) in [6, 6.07) is 2.80. The van der Waals surface area contributed by atoms with Gasteiger partial charge in [0.15, 0.2) is 0 Å². The van der Waals surface area contributed by atoms with Gasteiger partial charge in [0.2, 0.25) is 0 Å². The molecule has 106 valence electrons. The number of fused-ring (bicyclic) bond motifs is 1. The third-order valence-electron chi connectivity index (χ3n) is 4.75. The predicted molar refractivity (Wildman–Crippen MR) is 75.1 cm³/mol. The summed E-state index contributed by atoms with van der Waals surface area (Å²) in [5.74, 6) is 0. The minimum absolute atomic E-state index is 0.352. The van der Waals surface area contributed by atoms with Crippen LogP contribution in [-0.2, 0) is 6.42 Å². The standard InChI is InChI=1S/C15H25N3O/c1-12(2)18-9-6-13(16-18)11-15(19)7-10-17-8-4-3-5-14(15)17/h6,9,12,14,19H,3-5,7-8,10-11H2,1-2H3. The molecular formula is C15H25N3O. The van der Waals surface area contributed by atoms with E-state index in [1.807, 2.05) is 10.9 Å². The van der Waals surface area contributed by atoms with Crippen molar-refractivity contribution in [1.29, 1.82) is 0 Å². The molecule has 4 nitrogen and oxygen atoms in total. The van der Waals surface area contributed by atoms with E-state index in [1.54, 1.807) is 0 Å². The van der Waals surface area contributed by atoms with Gasteiger partial charge in [-0.15, -0.1) is 0 Å². The molecule has 3 heterocycles. The van der Waals surface area contributed by atoms with Crippen molar-refractivity contribution in [3.8, 4) is 0 Å². The molecular weight excluding hydrogens is 238 g/mol. The average Bonchev–Trinajstić information content (AvgIpc) is 2.97. The molecule has 4 heteroatoms. The molecule has 2 fully saturated rings. The minimum atomic E-state index is -0.559. The Kier molecular flexibility index (Phi) is 3.39. The molecule has 1 N–H and O–H groups in total. The highest BCUT2D eigenvalue weighted by Gasteiger charge is 2.46. The Bertz CT molecular complexity index is 442. The Balaban J connectivity index is 1.74. The fraction of sp³-hybridized carbons (Fsp3) is 0.800. The van der Waals surface area contributed by atoms with E-state index in [0.717, 1.165) is 31.6 Å². The van der Waals surface area contributed by atoms with Gasteiger partial charge in [-0.2, -0.15) is 5.10 Å².